The lowest BCUT2D eigenvalue weighted by atomic mass is 9.96. The number of furan rings is 1. The molecule has 0 bridgehead atoms. The number of hydrogen-bond acceptors (Lipinski definition) is 4. The molecular weight excluding hydrogens is 276 g/mol. The number of rotatable bonds is 4. The second-order valence-corrected chi connectivity index (χ2v) is 5.18. The van der Waals surface area contributed by atoms with Gasteiger partial charge in [-0.1, -0.05) is 0 Å². The highest BCUT2D eigenvalue weighted by Gasteiger charge is 2.26. The van der Waals surface area contributed by atoms with Crippen molar-refractivity contribution in [3.8, 4) is 0 Å². The molecule has 1 aliphatic rings. The molecule has 0 aliphatic carbocycles. The molecule has 2 N–H and O–H groups in total. The van der Waals surface area contributed by atoms with E-state index >= 15 is 0 Å². The molecule has 1 saturated heterocycles. The Kier molecular flexibility index (Phi) is 4.62. The number of aromatic carboxylic acids is 1. The molecule has 0 unspecified atom stereocenters. The quantitative estimate of drug-likeness (QED) is 0.861. The number of piperidine rings is 1. The van der Waals surface area contributed by atoms with Crippen molar-refractivity contribution in [1.29, 1.82) is 0 Å². The van der Waals surface area contributed by atoms with Crippen LogP contribution in [0.2, 0.25) is 0 Å². The summed E-state index contributed by atoms with van der Waals surface area (Å²) < 4.78 is 5.02. The molecule has 1 fully saturated rings. The minimum Gasteiger partial charge on any atom is -0.478 e. The molecule has 0 radical (unpaired) electrons. The van der Waals surface area contributed by atoms with Crippen molar-refractivity contribution >= 4 is 17.8 Å². The summed E-state index contributed by atoms with van der Waals surface area (Å²) in [6.07, 6.45) is 2.68. The Labute approximate surface area is 121 Å². The van der Waals surface area contributed by atoms with Crippen molar-refractivity contribution in [2.24, 2.45) is 5.92 Å². The van der Waals surface area contributed by atoms with Gasteiger partial charge in [-0.25, -0.2) is 4.79 Å². The van der Waals surface area contributed by atoms with Crippen molar-refractivity contribution in [3.63, 3.8) is 0 Å². The zero-order valence-electron chi connectivity index (χ0n) is 11.8. The highest BCUT2D eigenvalue weighted by Crippen LogP contribution is 2.19. The van der Waals surface area contributed by atoms with Crippen LogP contribution in [0.15, 0.2) is 16.7 Å². The molecule has 0 spiro atoms. The van der Waals surface area contributed by atoms with Gasteiger partial charge in [0, 0.05) is 32.6 Å². The van der Waals surface area contributed by atoms with Gasteiger partial charge < -0.3 is 19.7 Å². The van der Waals surface area contributed by atoms with Crippen LogP contribution in [-0.4, -0.2) is 47.4 Å². The van der Waals surface area contributed by atoms with Crippen LogP contribution in [0.1, 0.15) is 40.7 Å². The molecule has 0 atom stereocenters. The predicted octanol–water partition coefficient (Wildman–Crippen LogP) is 0.966. The third-order valence-corrected chi connectivity index (χ3v) is 3.60. The Hall–Kier alpha value is -2.31. The zero-order valence-corrected chi connectivity index (χ0v) is 11.8. The van der Waals surface area contributed by atoms with Crippen molar-refractivity contribution in [2.45, 2.75) is 19.8 Å². The first-order valence-electron chi connectivity index (χ1n) is 6.83. The molecule has 2 amide bonds. The van der Waals surface area contributed by atoms with Crippen LogP contribution in [0.5, 0.6) is 0 Å². The Balaban J connectivity index is 1.87. The van der Waals surface area contributed by atoms with Gasteiger partial charge >= 0.3 is 5.97 Å². The van der Waals surface area contributed by atoms with E-state index < -0.39 is 5.97 Å². The number of amides is 2. The van der Waals surface area contributed by atoms with Crippen LogP contribution in [0, 0.1) is 5.92 Å². The lowest BCUT2D eigenvalue weighted by Crippen LogP contribution is -2.41. The SMILES string of the molecule is CC(=O)NCC1CCN(C(=O)c2cc(C(=O)O)co2)CC1. The van der Waals surface area contributed by atoms with Crippen LogP contribution < -0.4 is 5.32 Å². The van der Waals surface area contributed by atoms with Crippen LogP contribution in [0.4, 0.5) is 0 Å². The van der Waals surface area contributed by atoms with Gasteiger partial charge in [0.15, 0.2) is 5.76 Å². The minimum atomic E-state index is -1.12. The van der Waals surface area contributed by atoms with Gasteiger partial charge in [0.25, 0.3) is 5.91 Å². The van der Waals surface area contributed by atoms with Gasteiger partial charge in [0.1, 0.15) is 6.26 Å². The first kappa shape index (κ1) is 15.1. The number of carboxylic acid groups (broad SMARTS) is 1. The van der Waals surface area contributed by atoms with E-state index in [1.807, 2.05) is 0 Å². The Morgan fingerprint density at radius 1 is 1.38 bits per heavy atom. The van der Waals surface area contributed by atoms with E-state index in [-0.39, 0.29) is 23.1 Å². The van der Waals surface area contributed by atoms with Crippen molar-refractivity contribution in [3.05, 3.63) is 23.7 Å². The summed E-state index contributed by atoms with van der Waals surface area (Å²) in [5.41, 5.74) is -0.0288. The summed E-state index contributed by atoms with van der Waals surface area (Å²) in [7, 11) is 0. The van der Waals surface area contributed by atoms with Crippen molar-refractivity contribution in [1.82, 2.24) is 10.2 Å². The van der Waals surface area contributed by atoms with E-state index in [1.165, 1.54) is 13.0 Å². The van der Waals surface area contributed by atoms with Gasteiger partial charge in [0.2, 0.25) is 5.91 Å². The third kappa shape index (κ3) is 3.84. The fourth-order valence-corrected chi connectivity index (χ4v) is 2.34. The molecular formula is C14H18N2O5. The maximum atomic E-state index is 12.2. The average molecular weight is 294 g/mol. The fraction of sp³-hybridized carbons (Fsp3) is 0.500. The monoisotopic (exact) mass is 294 g/mol. The molecule has 7 heteroatoms. The van der Waals surface area contributed by atoms with E-state index in [1.54, 1.807) is 4.90 Å². The Morgan fingerprint density at radius 3 is 2.57 bits per heavy atom. The number of nitrogens with zero attached hydrogens (tertiary/aromatic N) is 1. The molecule has 0 saturated carbocycles. The van der Waals surface area contributed by atoms with Crippen LogP contribution in [0.3, 0.4) is 0 Å². The lowest BCUT2D eigenvalue weighted by molar-refractivity contribution is -0.119. The summed E-state index contributed by atoms with van der Waals surface area (Å²) in [4.78, 5) is 35.5. The van der Waals surface area contributed by atoms with Gasteiger partial charge in [-0.05, 0) is 18.8 Å². The Bertz CT molecular complexity index is 543. The van der Waals surface area contributed by atoms with E-state index in [2.05, 4.69) is 5.32 Å². The first-order valence-corrected chi connectivity index (χ1v) is 6.83. The fourth-order valence-electron chi connectivity index (χ4n) is 2.34. The van der Waals surface area contributed by atoms with Crippen LogP contribution in [0.25, 0.3) is 0 Å². The number of carbonyl (C=O) groups is 3. The number of likely N-dealkylation sites (tertiary alicyclic amines) is 1. The molecule has 1 aromatic rings. The van der Waals surface area contributed by atoms with Gasteiger partial charge in [-0.3, -0.25) is 9.59 Å². The zero-order chi connectivity index (χ0) is 15.4. The highest BCUT2D eigenvalue weighted by atomic mass is 16.4. The molecule has 21 heavy (non-hydrogen) atoms. The molecule has 114 valence electrons. The summed E-state index contributed by atoms with van der Waals surface area (Å²) in [5, 5.41) is 11.6. The van der Waals surface area contributed by atoms with Gasteiger partial charge in [-0.2, -0.15) is 0 Å². The van der Waals surface area contributed by atoms with E-state index in [0.717, 1.165) is 19.1 Å². The van der Waals surface area contributed by atoms with E-state index in [0.29, 0.717) is 25.6 Å². The summed E-state index contributed by atoms with van der Waals surface area (Å²) >= 11 is 0. The second kappa shape index (κ2) is 6.43. The summed E-state index contributed by atoms with van der Waals surface area (Å²) in [6.45, 7) is 3.26. The second-order valence-electron chi connectivity index (χ2n) is 5.18. The van der Waals surface area contributed by atoms with Crippen molar-refractivity contribution < 1.29 is 23.9 Å². The molecule has 7 nitrogen and oxygen atoms in total. The largest absolute Gasteiger partial charge is 0.478 e. The number of hydrogen-bond donors (Lipinski definition) is 2. The molecule has 1 aliphatic heterocycles. The van der Waals surface area contributed by atoms with E-state index in [4.69, 9.17) is 9.52 Å². The summed E-state index contributed by atoms with van der Waals surface area (Å²) in [6, 6.07) is 1.24. The molecule has 1 aromatic heterocycles. The molecule has 0 aromatic carbocycles. The number of carboxylic acids is 1. The van der Waals surface area contributed by atoms with Gasteiger partial charge in [0.05, 0.1) is 5.56 Å². The lowest BCUT2D eigenvalue weighted by Gasteiger charge is -2.31. The van der Waals surface area contributed by atoms with Crippen molar-refractivity contribution in [2.75, 3.05) is 19.6 Å². The predicted molar refractivity (Wildman–Crippen MR) is 73.0 cm³/mol. The van der Waals surface area contributed by atoms with Crippen LogP contribution in [-0.2, 0) is 4.79 Å². The normalized spacial score (nSPS) is 15.8. The smallest absolute Gasteiger partial charge is 0.338 e. The standard InChI is InChI=1S/C14H18N2O5/c1-9(17)15-7-10-2-4-16(5-3-10)13(18)12-6-11(8-21-12)14(19)20/h6,8,10H,2-5,7H2,1H3,(H,15,17)(H,19,20). The molecule has 2 rings (SSSR count). The maximum Gasteiger partial charge on any atom is 0.338 e. The maximum absolute atomic E-state index is 12.2. The topological polar surface area (TPSA) is 99.9 Å². The molecule has 2 heterocycles. The summed E-state index contributed by atoms with van der Waals surface area (Å²) in [5.74, 6) is -1.05. The van der Waals surface area contributed by atoms with E-state index in [9.17, 15) is 14.4 Å². The first-order chi connectivity index (χ1) is 9.97. The highest BCUT2D eigenvalue weighted by molar-refractivity contribution is 5.95. The average Bonchev–Trinajstić information content (AvgIpc) is 2.95. The minimum absolute atomic E-state index is 0.0288. The Morgan fingerprint density at radius 2 is 2.05 bits per heavy atom. The number of nitrogens with one attached hydrogen (secondary N) is 1. The van der Waals surface area contributed by atoms with Crippen LogP contribution >= 0.6 is 0 Å². The van der Waals surface area contributed by atoms with Gasteiger partial charge in [-0.15, -0.1) is 0 Å². The number of carbonyl (C=O) groups excluding carboxylic acids is 2. The third-order valence-electron chi connectivity index (χ3n) is 3.60.